The Balaban J connectivity index is 2.10. The predicted molar refractivity (Wildman–Crippen MR) is 76.1 cm³/mol. The number of hydrogen-bond acceptors (Lipinski definition) is 3. The maximum absolute atomic E-state index is 12.8. The van der Waals surface area contributed by atoms with Gasteiger partial charge in [0.05, 0.1) is 16.6 Å². The highest BCUT2D eigenvalue weighted by Gasteiger charge is 2.30. The van der Waals surface area contributed by atoms with Crippen LogP contribution in [0.25, 0.3) is 11.0 Å². The van der Waals surface area contributed by atoms with E-state index < -0.39 is 22.9 Å². The number of benzene rings is 1. The molecule has 120 valence electrons. The third-order valence-corrected chi connectivity index (χ3v) is 3.43. The van der Waals surface area contributed by atoms with Crippen LogP contribution in [-0.4, -0.2) is 19.5 Å². The zero-order valence-electron chi connectivity index (χ0n) is 11.6. The van der Waals surface area contributed by atoms with Crippen molar-refractivity contribution in [3.8, 4) is 0 Å². The zero-order valence-corrected chi connectivity index (χ0v) is 11.6. The second kappa shape index (κ2) is 5.41. The number of H-pyrrole nitrogens is 2. The lowest BCUT2D eigenvalue weighted by molar-refractivity contribution is -0.137. The predicted octanol–water partition coefficient (Wildman–Crippen LogP) is 1.67. The van der Waals surface area contributed by atoms with Gasteiger partial charge in [-0.1, -0.05) is 0 Å². The summed E-state index contributed by atoms with van der Waals surface area (Å²) >= 11 is 0. The minimum atomic E-state index is -4.53. The maximum atomic E-state index is 12.8. The van der Waals surface area contributed by atoms with Crippen LogP contribution in [0.15, 0.2) is 40.2 Å². The molecular weight excluding hydrogens is 313 g/mol. The highest BCUT2D eigenvalue weighted by molar-refractivity contribution is 5.75. The summed E-state index contributed by atoms with van der Waals surface area (Å²) < 4.78 is 39.4. The molecule has 0 aliphatic rings. The average molecular weight is 324 g/mol. The number of aryl methyl sites for hydroxylation is 2. The second-order valence-corrected chi connectivity index (χ2v) is 4.93. The summed E-state index contributed by atoms with van der Waals surface area (Å²) in [5, 5.41) is 0. The van der Waals surface area contributed by atoms with Gasteiger partial charge >= 0.3 is 17.3 Å². The van der Waals surface area contributed by atoms with Gasteiger partial charge in [0.25, 0.3) is 0 Å². The van der Waals surface area contributed by atoms with Crippen LogP contribution >= 0.6 is 0 Å². The quantitative estimate of drug-likeness (QED) is 0.719. The van der Waals surface area contributed by atoms with Crippen LogP contribution in [-0.2, 0) is 19.1 Å². The molecule has 23 heavy (non-hydrogen) atoms. The largest absolute Gasteiger partial charge is 0.416 e. The summed E-state index contributed by atoms with van der Waals surface area (Å²) in [4.78, 5) is 32.7. The molecule has 0 atom stereocenters. The summed E-state index contributed by atoms with van der Waals surface area (Å²) in [7, 11) is 0. The molecule has 0 saturated heterocycles. The van der Waals surface area contributed by atoms with E-state index in [4.69, 9.17) is 0 Å². The second-order valence-electron chi connectivity index (χ2n) is 4.93. The first-order valence-corrected chi connectivity index (χ1v) is 6.68. The minimum Gasteiger partial charge on any atom is -0.349 e. The van der Waals surface area contributed by atoms with Crippen LogP contribution < -0.4 is 11.1 Å². The maximum Gasteiger partial charge on any atom is 0.416 e. The highest BCUT2D eigenvalue weighted by Crippen LogP contribution is 2.30. The Labute approximate surface area is 126 Å². The van der Waals surface area contributed by atoms with Crippen molar-refractivity contribution >= 4 is 11.0 Å². The summed E-state index contributed by atoms with van der Waals surface area (Å²) in [5.41, 5.74) is -2.48. The lowest BCUT2D eigenvalue weighted by Crippen LogP contribution is -2.36. The Morgan fingerprint density at radius 1 is 1.22 bits per heavy atom. The fourth-order valence-corrected chi connectivity index (χ4v) is 2.33. The molecule has 0 unspecified atom stereocenters. The highest BCUT2D eigenvalue weighted by atomic mass is 19.4. The standard InChI is InChI=1S/C14H11F3N4O2/c15-14(16,17)8-1-2-10-9(7-8)20-12(22)13(23)21(10)6-3-11-18-4-5-19-11/h1-2,4-5,7H,3,6H2,(H,18,19)(H,20,22). The first-order chi connectivity index (χ1) is 10.9. The van der Waals surface area contributed by atoms with Gasteiger partial charge in [0, 0.05) is 25.4 Å². The van der Waals surface area contributed by atoms with Crippen molar-refractivity contribution in [2.45, 2.75) is 19.1 Å². The van der Waals surface area contributed by atoms with Gasteiger partial charge in [-0.2, -0.15) is 13.2 Å². The minimum absolute atomic E-state index is 0.0381. The lowest BCUT2D eigenvalue weighted by Gasteiger charge is -2.11. The first-order valence-electron chi connectivity index (χ1n) is 6.68. The van der Waals surface area contributed by atoms with Crippen molar-refractivity contribution in [1.82, 2.24) is 19.5 Å². The van der Waals surface area contributed by atoms with Crippen molar-refractivity contribution in [2.24, 2.45) is 0 Å². The Morgan fingerprint density at radius 2 is 2.00 bits per heavy atom. The molecule has 2 heterocycles. The van der Waals surface area contributed by atoms with Crippen molar-refractivity contribution in [2.75, 3.05) is 0 Å². The molecule has 0 spiro atoms. The van der Waals surface area contributed by atoms with E-state index >= 15 is 0 Å². The van der Waals surface area contributed by atoms with Gasteiger partial charge in [0.1, 0.15) is 5.82 Å². The summed E-state index contributed by atoms with van der Waals surface area (Å²) in [6.45, 7) is 0.123. The number of imidazole rings is 1. The Hall–Kier alpha value is -2.84. The molecule has 1 aromatic carbocycles. The third-order valence-electron chi connectivity index (χ3n) is 3.43. The van der Waals surface area contributed by atoms with E-state index in [0.717, 1.165) is 16.7 Å². The third kappa shape index (κ3) is 2.89. The van der Waals surface area contributed by atoms with Gasteiger partial charge in [-0.3, -0.25) is 9.59 Å². The fraction of sp³-hybridized carbons (Fsp3) is 0.214. The molecule has 2 aromatic heterocycles. The number of fused-ring (bicyclic) bond motifs is 1. The topological polar surface area (TPSA) is 83.5 Å². The van der Waals surface area contributed by atoms with Crippen molar-refractivity contribution < 1.29 is 13.2 Å². The van der Waals surface area contributed by atoms with E-state index in [1.807, 2.05) is 0 Å². The van der Waals surface area contributed by atoms with Crippen molar-refractivity contribution in [3.05, 3.63) is 62.7 Å². The molecule has 0 bridgehead atoms. The summed E-state index contributed by atoms with van der Waals surface area (Å²) in [6.07, 6.45) is -1.03. The van der Waals surface area contributed by atoms with Crippen LogP contribution in [0.3, 0.4) is 0 Å². The van der Waals surface area contributed by atoms with Crippen molar-refractivity contribution in [1.29, 1.82) is 0 Å². The van der Waals surface area contributed by atoms with Crippen LogP contribution in [0, 0.1) is 0 Å². The average Bonchev–Trinajstić information content (AvgIpc) is 2.99. The Kier molecular flexibility index (Phi) is 3.55. The van der Waals surface area contributed by atoms with Gasteiger partial charge in [-0.15, -0.1) is 0 Å². The molecule has 3 rings (SSSR count). The fourth-order valence-electron chi connectivity index (χ4n) is 2.33. The van der Waals surface area contributed by atoms with Gasteiger partial charge in [-0.25, -0.2) is 4.98 Å². The number of alkyl halides is 3. The normalized spacial score (nSPS) is 12.0. The first kappa shape index (κ1) is 15.1. The van der Waals surface area contributed by atoms with E-state index in [9.17, 15) is 22.8 Å². The van der Waals surface area contributed by atoms with E-state index in [-0.39, 0.29) is 17.6 Å². The number of hydrogen-bond donors (Lipinski definition) is 2. The Bertz CT molecular complexity index is 955. The van der Waals surface area contributed by atoms with Crippen LogP contribution in [0.5, 0.6) is 0 Å². The molecule has 0 aliphatic heterocycles. The number of aromatic nitrogens is 4. The zero-order chi connectivity index (χ0) is 16.6. The SMILES string of the molecule is O=c1[nH]c2cc(C(F)(F)F)ccc2n(CCc2ncc[nH]2)c1=O. The van der Waals surface area contributed by atoms with Crippen LogP contribution in [0.1, 0.15) is 11.4 Å². The van der Waals surface area contributed by atoms with E-state index in [1.165, 1.54) is 6.07 Å². The number of aromatic amines is 2. The van der Waals surface area contributed by atoms with Crippen LogP contribution in [0.4, 0.5) is 13.2 Å². The molecule has 0 saturated carbocycles. The molecule has 0 radical (unpaired) electrons. The van der Waals surface area contributed by atoms with E-state index in [0.29, 0.717) is 12.2 Å². The van der Waals surface area contributed by atoms with Gasteiger partial charge < -0.3 is 14.5 Å². The molecule has 6 nitrogen and oxygen atoms in total. The van der Waals surface area contributed by atoms with Gasteiger partial charge in [0.2, 0.25) is 0 Å². The monoisotopic (exact) mass is 324 g/mol. The van der Waals surface area contributed by atoms with Gasteiger partial charge in [-0.05, 0) is 18.2 Å². The lowest BCUT2D eigenvalue weighted by atomic mass is 10.2. The van der Waals surface area contributed by atoms with E-state index in [2.05, 4.69) is 15.0 Å². The van der Waals surface area contributed by atoms with E-state index in [1.54, 1.807) is 12.4 Å². The van der Waals surface area contributed by atoms with Crippen molar-refractivity contribution in [3.63, 3.8) is 0 Å². The molecule has 2 N–H and O–H groups in total. The molecular formula is C14H11F3N4O2. The number of nitrogens with one attached hydrogen (secondary N) is 2. The number of halogens is 3. The smallest absolute Gasteiger partial charge is 0.349 e. The molecule has 0 aliphatic carbocycles. The molecule has 0 fully saturated rings. The summed E-state index contributed by atoms with van der Waals surface area (Å²) in [6, 6.07) is 2.88. The van der Waals surface area contributed by atoms with Crippen LogP contribution in [0.2, 0.25) is 0 Å². The summed E-state index contributed by atoms with van der Waals surface area (Å²) in [5.74, 6) is 0.609. The Morgan fingerprint density at radius 3 is 2.65 bits per heavy atom. The molecule has 3 aromatic rings. The van der Waals surface area contributed by atoms with Gasteiger partial charge in [0.15, 0.2) is 0 Å². The molecule has 0 amide bonds. The number of rotatable bonds is 3. The number of nitrogens with zero attached hydrogens (tertiary/aromatic N) is 2. The molecule has 9 heteroatoms.